The molecule has 2 N–H and O–H groups in total. The van der Waals surface area contributed by atoms with Crippen molar-refractivity contribution in [3.8, 4) is 17.6 Å². The molecule has 1 rings (SSSR count). The van der Waals surface area contributed by atoms with Crippen LogP contribution in [0.4, 0.5) is 0 Å². The van der Waals surface area contributed by atoms with Crippen molar-refractivity contribution in [1.29, 1.82) is 0 Å². The third-order valence-corrected chi connectivity index (χ3v) is 2.95. The number of nitrogens with two attached hydrogens (primary N) is 1. The second-order valence-corrected chi connectivity index (χ2v) is 4.72. The molecule has 0 saturated heterocycles. The third-order valence-electron chi connectivity index (χ3n) is 2.95. The van der Waals surface area contributed by atoms with Crippen LogP contribution in [-0.2, 0) is 0 Å². The molecule has 0 aromatic heterocycles. The van der Waals surface area contributed by atoms with Gasteiger partial charge in [-0.15, -0.1) is 0 Å². The summed E-state index contributed by atoms with van der Waals surface area (Å²) >= 11 is 0. The number of hydrogen-bond acceptors (Lipinski definition) is 3. The molecule has 0 heterocycles. The molecule has 0 bridgehead atoms. The van der Waals surface area contributed by atoms with Gasteiger partial charge in [-0.3, -0.25) is 4.90 Å². The topological polar surface area (TPSA) is 38.5 Å². The fourth-order valence-corrected chi connectivity index (χ4v) is 2.05. The van der Waals surface area contributed by atoms with Gasteiger partial charge in [0.05, 0.1) is 6.54 Å². The van der Waals surface area contributed by atoms with Crippen molar-refractivity contribution in [2.75, 3.05) is 32.8 Å². The van der Waals surface area contributed by atoms with E-state index in [1.54, 1.807) is 0 Å². The van der Waals surface area contributed by atoms with Crippen LogP contribution in [0.5, 0.6) is 5.75 Å². The molecule has 0 spiro atoms. The molecule has 0 radical (unpaired) electrons. The van der Waals surface area contributed by atoms with Crippen molar-refractivity contribution in [2.24, 2.45) is 5.73 Å². The van der Waals surface area contributed by atoms with Crippen LogP contribution >= 0.6 is 0 Å². The van der Waals surface area contributed by atoms with E-state index in [1.807, 2.05) is 24.3 Å². The first kappa shape index (κ1) is 16.6. The standard InChI is InChI=1S/C17H26N2O/c1-3-12-19(13-4-2)14-15-20-17-9-7-16(8-10-17)6-5-11-18/h7-10H,3-4,11-15,18H2,1-2H3. The minimum atomic E-state index is 0.392. The molecule has 0 unspecified atom stereocenters. The van der Waals surface area contributed by atoms with Crippen LogP contribution in [0.15, 0.2) is 24.3 Å². The van der Waals surface area contributed by atoms with Gasteiger partial charge in [0, 0.05) is 12.1 Å². The minimum Gasteiger partial charge on any atom is -0.492 e. The van der Waals surface area contributed by atoms with E-state index in [9.17, 15) is 0 Å². The Labute approximate surface area is 123 Å². The highest BCUT2D eigenvalue weighted by Gasteiger charge is 2.02. The highest BCUT2D eigenvalue weighted by Crippen LogP contribution is 2.11. The SMILES string of the molecule is CCCN(CCC)CCOc1ccc(C#CCN)cc1. The van der Waals surface area contributed by atoms with Crippen LogP contribution in [0, 0.1) is 11.8 Å². The van der Waals surface area contributed by atoms with Crippen LogP contribution in [0.25, 0.3) is 0 Å². The van der Waals surface area contributed by atoms with Gasteiger partial charge in [0.2, 0.25) is 0 Å². The Kier molecular flexibility index (Phi) is 8.53. The number of hydrogen-bond donors (Lipinski definition) is 1. The maximum atomic E-state index is 5.77. The van der Waals surface area contributed by atoms with Crippen LogP contribution in [0.1, 0.15) is 32.3 Å². The Morgan fingerprint density at radius 2 is 1.70 bits per heavy atom. The first-order chi connectivity index (χ1) is 9.80. The van der Waals surface area contributed by atoms with Gasteiger partial charge in [0.1, 0.15) is 12.4 Å². The summed E-state index contributed by atoms with van der Waals surface area (Å²) in [5, 5.41) is 0. The van der Waals surface area contributed by atoms with Gasteiger partial charge in [-0.05, 0) is 50.2 Å². The van der Waals surface area contributed by atoms with Gasteiger partial charge < -0.3 is 10.5 Å². The fraction of sp³-hybridized carbons (Fsp3) is 0.529. The normalized spacial score (nSPS) is 10.2. The van der Waals surface area contributed by atoms with E-state index < -0.39 is 0 Å². The van der Waals surface area contributed by atoms with Crippen molar-refractivity contribution in [1.82, 2.24) is 4.90 Å². The van der Waals surface area contributed by atoms with E-state index in [2.05, 4.69) is 30.6 Å². The smallest absolute Gasteiger partial charge is 0.119 e. The molecular weight excluding hydrogens is 248 g/mol. The van der Waals surface area contributed by atoms with E-state index in [0.29, 0.717) is 6.54 Å². The lowest BCUT2D eigenvalue weighted by molar-refractivity contribution is 0.209. The quantitative estimate of drug-likeness (QED) is 0.740. The zero-order valence-electron chi connectivity index (χ0n) is 12.7. The summed E-state index contributed by atoms with van der Waals surface area (Å²) in [5.74, 6) is 6.74. The number of ether oxygens (including phenoxy) is 1. The van der Waals surface area contributed by atoms with Gasteiger partial charge in [-0.2, -0.15) is 0 Å². The predicted molar refractivity (Wildman–Crippen MR) is 84.9 cm³/mol. The minimum absolute atomic E-state index is 0.392. The Morgan fingerprint density at radius 1 is 1.05 bits per heavy atom. The van der Waals surface area contributed by atoms with Crippen molar-refractivity contribution in [3.63, 3.8) is 0 Å². The van der Waals surface area contributed by atoms with Crippen molar-refractivity contribution < 1.29 is 4.74 Å². The molecule has 1 aromatic rings. The summed E-state index contributed by atoms with van der Waals surface area (Å²) in [6.07, 6.45) is 2.38. The summed E-state index contributed by atoms with van der Waals surface area (Å²) in [5.41, 5.74) is 6.32. The molecule has 110 valence electrons. The summed E-state index contributed by atoms with van der Waals surface area (Å²) < 4.78 is 5.77. The maximum Gasteiger partial charge on any atom is 0.119 e. The number of nitrogens with zero attached hydrogens (tertiary/aromatic N) is 1. The molecule has 0 fully saturated rings. The summed E-state index contributed by atoms with van der Waals surface area (Å²) in [6.45, 7) is 8.82. The van der Waals surface area contributed by atoms with Crippen LogP contribution < -0.4 is 10.5 Å². The average Bonchev–Trinajstić information content (AvgIpc) is 2.47. The first-order valence-corrected chi connectivity index (χ1v) is 7.44. The Hall–Kier alpha value is -1.50. The van der Waals surface area contributed by atoms with Gasteiger partial charge >= 0.3 is 0 Å². The highest BCUT2D eigenvalue weighted by atomic mass is 16.5. The third kappa shape index (κ3) is 6.60. The molecule has 0 aliphatic rings. The predicted octanol–water partition coefficient (Wildman–Crippen LogP) is 2.50. The first-order valence-electron chi connectivity index (χ1n) is 7.44. The molecule has 20 heavy (non-hydrogen) atoms. The number of rotatable bonds is 8. The fourth-order valence-electron chi connectivity index (χ4n) is 2.05. The Balaban J connectivity index is 2.37. The van der Waals surface area contributed by atoms with E-state index in [0.717, 1.165) is 37.6 Å². The van der Waals surface area contributed by atoms with Crippen molar-refractivity contribution in [3.05, 3.63) is 29.8 Å². The molecule has 3 nitrogen and oxygen atoms in total. The van der Waals surface area contributed by atoms with Crippen LogP contribution in [0.3, 0.4) is 0 Å². The lowest BCUT2D eigenvalue weighted by atomic mass is 10.2. The summed E-state index contributed by atoms with van der Waals surface area (Å²) in [6, 6.07) is 7.86. The molecular formula is C17H26N2O. The molecule has 0 aliphatic heterocycles. The summed E-state index contributed by atoms with van der Waals surface area (Å²) in [7, 11) is 0. The molecule has 3 heteroatoms. The van der Waals surface area contributed by atoms with Gasteiger partial charge in [-0.25, -0.2) is 0 Å². The second kappa shape index (κ2) is 10.3. The number of benzene rings is 1. The molecule has 1 aromatic carbocycles. The van der Waals surface area contributed by atoms with Gasteiger partial charge in [0.25, 0.3) is 0 Å². The van der Waals surface area contributed by atoms with E-state index >= 15 is 0 Å². The van der Waals surface area contributed by atoms with E-state index in [4.69, 9.17) is 10.5 Å². The van der Waals surface area contributed by atoms with E-state index in [-0.39, 0.29) is 0 Å². The Bertz CT molecular complexity index is 411. The molecule has 0 aliphatic carbocycles. The largest absolute Gasteiger partial charge is 0.492 e. The van der Waals surface area contributed by atoms with E-state index in [1.165, 1.54) is 12.8 Å². The molecule has 0 amide bonds. The van der Waals surface area contributed by atoms with Crippen LogP contribution in [-0.4, -0.2) is 37.7 Å². The Morgan fingerprint density at radius 3 is 2.25 bits per heavy atom. The van der Waals surface area contributed by atoms with Gasteiger partial charge in [-0.1, -0.05) is 25.7 Å². The van der Waals surface area contributed by atoms with Crippen molar-refractivity contribution >= 4 is 0 Å². The maximum absolute atomic E-state index is 5.77. The summed E-state index contributed by atoms with van der Waals surface area (Å²) in [4.78, 5) is 2.45. The second-order valence-electron chi connectivity index (χ2n) is 4.72. The molecule has 0 atom stereocenters. The highest BCUT2D eigenvalue weighted by molar-refractivity contribution is 5.38. The zero-order valence-corrected chi connectivity index (χ0v) is 12.7. The monoisotopic (exact) mass is 274 g/mol. The lowest BCUT2D eigenvalue weighted by Crippen LogP contribution is -2.30. The van der Waals surface area contributed by atoms with Crippen LogP contribution in [0.2, 0.25) is 0 Å². The zero-order chi connectivity index (χ0) is 14.6. The average molecular weight is 274 g/mol. The molecule has 0 saturated carbocycles. The lowest BCUT2D eigenvalue weighted by Gasteiger charge is -2.20. The van der Waals surface area contributed by atoms with Crippen molar-refractivity contribution in [2.45, 2.75) is 26.7 Å². The van der Waals surface area contributed by atoms with Gasteiger partial charge in [0.15, 0.2) is 0 Å².